The van der Waals surface area contributed by atoms with Crippen molar-refractivity contribution in [1.82, 2.24) is 15.1 Å². The summed E-state index contributed by atoms with van der Waals surface area (Å²) < 4.78 is 44.7. The van der Waals surface area contributed by atoms with Gasteiger partial charge in [-0.2, -0.15) is 18.3 Å². The average Bonchev–Trinajstić information content (AvgIpc) is 2.96. The summed E-state index contributed by atoms with van der Waals surface area (Å²) in [6.07, 6.45) is -1.48. The molecule has 1 aromatic heterocycles. The normalized spacial score (nSPS) is 20.0. The molecule has 0 aliphatic carbocycles. The number of hydrogen-bond donors (Lipinski definition) is 2. The second-order valence-electron chi connectivity index (χ2n) is 5.67. The van der Waals surface area contributed by atoms with Crippen molar-refractivity contribution in [3.8, 4) is 0 Å². The molecule has 2 atom stereocenters. The van der Waals surface area contributed by atoms with Crippen LogP contribution in [0.25, 0.3) is 0 Å². The van der Waals surface area contributed by atoms with Crippen molar-refractivity contribution in [2.24, 2.45) is 0 Å². The van der Waals surface area contributed by atoms with Crippen LogP contribution in [0.15, 0.2) is 18.2 Å². The van der Waals surface area contributed by atoms with Crippen molar-refractivity contribution in [3.63, 3.8) is 0 Å². The van der Waals surface area contributed by atoms with Crippen LogP contribution in [-0.2, 0) is 9.53 Å². The summed E-state index contributed by atoms with van der Waals surface area (Å²) in [6, 6.07) is -0.841. The Hall–Kier alpha value is -2.52. The highest BCUT2D eigenvalue weighted by molar-refractivity contribution is 5.93. The van der Waals surface area contributed by atoms with Gasteiger partial charge in [-0.1, -0.05) is 6.08 Å². The maximum atomic E-state index is 13.2. The Balaban J connectivity index is 2.01. The lowest BCUT2D eigenvalue weighted by Crippen LogP contribution is -2.38. The summed E-state index contributed by atoms with van der Waals surface area (Å²) >= 11 is 0. The van der Waals surface area contributed by atoms with Gasteiger partial charge in [0.2, 0.25) is 0 Å². The molecule has 7 nitrogen and oxygen atoms in total. The smallest absolute Gasteiger partial charge is 0.410 e. The number of carbonyl (C=O) groups excluding carboxylic acids is 2. The number of hydrogen-bond acceptors (Lipinski definition) is 5. The fourth-order valence-electron chi connectivity index (χ4n) is 2.48. The molecule has 25 heavy (non-hydrogen) atoms. The maximum absolute atomic E-state index is 13.2. The molecule has 1 aliphatic heterocycles. The average molecular weight is 360 g/mol. The lowest BCUT2D eigenvalue weighted by molar-refractivity contribution is -0.173. The fourth-order valence-corrected chi connectivity index (χ4v) is 2.48. The number of carbonyl (C=O) groups is 2. The van der Waals surface area contributed by atoms with E-state index in [1.54, 1.807) is 6.92 Å². The largest absolute Gasteiger partial charge is 0.466 e. The van der Waals surface area contributed by atoms with Crippen LogP contribution in [0, 0.1) is 0 Å². The van der Waals surface area contributed by atoms with Crippen molar-refractivity contribution in [3.05, 3.63) is 23.9 Å². The maximum Gasteiger partial charge on any atom is 0.410 e. The highest BCUT2D eigenvalue weighted by atomic mass is 19.4. The summed E-state index contributed by atoms with van der Waals surface area (Å²) in [4.78, 5) is 22.9. The zero-order valence-corrected chi connectivity index (χ0v) is 13.8. The quantitative estimate of drug-likeness (QED) is 0.477. The summed E-state index contributed by atoms with van der Waals surface area (Å²) in [7, 11) is 1.25. The van der Waals surface area contributed by atoms with Crippen LogP contribution in [0.3, 0.4) is 0 Å². The number of methoxy groups -OCH3 is 1. The monoisotopic (exact) mass is 360 g/mol. The third-order valence-corrected chi connectivity index (χ3v) is 3.66. The van der Waals surface area contributed by atoms with Gasteiger partial charge in [0.25, 0.3) is 5.91 Å². The molecule has 1 aromatic rings. The molecular weight excluding hydrogens is 341 g/mol. The molecule has 0 saturated heterocycles. The minimum atomic E-state index is -4.44. The van der Waals surface area contributed by atoms with Gasteiger partial charge in [0.15, 0.2) is 11.7 Å². The van der Waals surface area contributed by atoms with Crippen LogP contribution in [0.2, 0.25) is 0 Å². The van der Waals surface area contributed by atoms with E-state index in [9.17, 15) is 22.8 Å². The number of amides is 1. The molecule has 138 valence electrons. The van der Waals surface area contributed by atoms with Crippen LogP contribution < -0.4 is 10.6 Å². The summed E-state index contributed by atoms with van der Waals surface area (Å²) in [5.74, 6) is -0.924. The third-order valence-electron chi connectivity index (χ3n) is 3.66. The highest BCUT2D eigenvalue weighted by Gasteiger charge is 2.45. The van der Waals surface area contributed by atoms with Gasteiger partial charge in [0.1, 0.15) is 5.82 Å². The van der Waals surface area contributed by atoms with Crippen molar-refractivity contribution in [2.75, 3.05) is 19.0 Å². The zero-order chi connectivity index (χ0) is 18.6. The number of nitrogens with zero attached hydrogens (tertiary/aromatic N) is 2. The molecule has 1 amide bonds. The number of alkyl halides is 3. The Morgan fingerprint density at radius 3 is 2.88 bits per heavy atom. The van der Waals surface area contributed by atoms with Gasteiger partial charge >= 0.3 is 12.1 Å². The predicted molar refractivity (Wildman–Crippen MR) is 83.1 cm³/mol. The highest BCUT2D eigenvalue weighted by Crippen LogP contribution is 2.39. The van der Waals surface area contributed by atoms with Gasteiger partial charge in [-0.25, -0.2) is 9.48 Å². The molecule has 0 radical (unpaired) electrons. The second kappa shape index (κ2) is 7.58. The van der Waals surface area contributed by atoms with Crippen molar-refractivity contribution >= 4 is 17.7 Å². The van der Waals surface area contributed by atoms with Gasteiger partial charge in [-0.15, -0.1) is 0 Å². The Labute approximate surface area is 142 Å². The first-order chi connectivity index (χ1) is 11.7. The van der Waals surface area contributed by atoms with Crippen molar-refractivity contribution in [2.45, 2.75) is 38.0 Å². The molecule has 2 rings (SSSR count). The number of anilines is 1. The van der Waals surface area contributed by atoms with Crippen molar-refractivity contribution < 1.29 is 27.5 Å². The molecular formula is C15H19F3N4O3. The lowest BCUT2D eigenvalue weighted by Gasteiger charge is -2.31. The Morgan fingerprint density at radius 1 is 1.52 bits per heavy atom. The number of fused-ring (bicyclic) bond motifs is 1. The van der Waals surface area contributed by atoms with Crippen LogP contribution in [0.5, 0.6) is 0 Å². The number of rotatable bonds is 5. The number of aromatic nitrogens is 2. The number of ether oxygens (including phenoxy) is 1. The van der Waals surface area contributed by atoms with E-state index in [4.69, 9.17) is 0 Å². The van der Waals surface area contributed by atoms with E-state index in [1.165, 1.54) is 25.3 Å². The van der Waals surface area contributed by atoms with Crippen LogP contribution in [-0.4, -0.2) is 47.5 Å². The van der Waals surface area contributed by atoms with E-state index in [2.05, 4.69) is 20.5 Å². The molecule has 0 fully saturated rings. The van der Waals surface area contributed by atoms with Gasteiger partial charge in [0, 0.05) is 24.7 Å². The number of nitrogens with one attached hydrogen (secondary N) is 2. The first-order valence-electron chi connectivity index (χ1n) is 7.68. The fraction of sp³-hybridized carbons (Fsp3) is 0.533. The first-order valence-corrected chi connectivity index (χ1v) is 7.68. The van der Waals surface area contributed by atoms with E-state index < -0.39 is 24.1 Å². The SMILES string of the molecule is COC(=O)/C=C/CCNC(=O)c1cc2n(n1)C(C(F)(F)F)CC(C)N2. The number of halogens is 3. The van der Waals surface area contributed by atoms with Crippen LogP contribution in [0.4, 0.5) is 19.0 Å². The zero-order valence-electron chi connectivity index (χ0n) is 13.8. The van der Waals surface area contributed by atoms with Crippen LogP contribution in [0.1, 0.15) is 36.3 Å². The van der Waals surface area contributed by atoms with Gasteiger partial charge < -0.3 is 15.4 Å². The molecule has 0 bridgehead atoms. The van der Waals surface area contributed by atoms with Crippen LogP contribution >= 0.6 is 0 Å². The molecule has 0 aromatic carbocycles. The lowest BCUT2D eigenvalue weighted by atomic mass is 10.1. The Bertz CT molecular complexity index is 669. The minimum absolute atomic E-state index is 0.0946. The second-order valence-corrected chi connectivity index (χ2v) is 5.67. The molecule has 2 N–H and O–H groups in total. The molecule has 2 unspecified atom stereocenters. The molecule has 0 spiro atoms. The van der Waals surface area contributed by atoms with E-state index in [0.717, 1.165) is 4.68 Å². The van der Waals surface area contributed by atoms with Gasteiger partial charge in [-0.3, -0.25) is 4.79 Å². The number of esters is 1. The van der Waals surface area contributed by atoms with E-state index in [0.29, 0.717) is 6.42 Å². The molecule has 0 saturated carbocycles. The summed E-state index contributed by atoms with van der Waals surface area (Å²) in [5, 5.41) is 9.23. The predicted octanol–water partition coefficient (Wildman–Crippen LogP) is 2.04. The van der Waals surface area contributed by atoms with E-state index in [1.807, 2.05) is 0 Å². The van der Waals surface area contributed by atoms with E-state index in [-0.39, 0.29) is 30.5 Å². The summed E-state index contributed by atoms with van der Waals surface area (Å²) in [6.45, 7) is 1.85. The first kappa shape index (κ1) is 18.8. The standard InChI is InChI=1S/C15H19F3N4O3/c1-9-7-11(15(16,17)18)22-12(20-9)8-10(21-22)14(24)19-6-4-3-5-13(23)25-2/h3,5,8-9,11,20H,4,6-7H2,1-2H3,(H,19,24)/b5-3+. The minimum Gasteiger partial charge on any atom is -0.466 e. The molecule has 2 heterocycles. The van der Waals surface area contributed by atoms with Crippen molar-refractivity contribution in [1.29, 1.82) is 0 Å². The Kier molecular flexibility index (Phi) is 5.70. The third kappa shape index (κ3) is 4.74. The topological polar surface area (TPSA) is 85.2 Å². The summed E-state index contributed by atoms with van der Waals surface area (Å²) in [5.41, 5.74) is -0.0946. The van der Waals surface area contributed by atoms with Gasteiger partial charge in [0.05, 0.1) is 7.11 Å². The molecule has 1 aliphatic rings. The molecule has 10 heteroatoms. The van der Waals surface area contributed by atoms with Gasteiger partial charge in [-0.05, 0) is 19.8 Å². The van der Waals surface area contributed by atoms with E-state index >= 15 is 0 Å². The Morgan fingerprint density at radius 2 is 2.24 bits per heavy atom.